The van der Waals surface area contributed by atoms with Crippen molar-refractivity contribution in [3.05, 3.63) is 72.4 Å². The van der Waals surface area contributed by atoms with Crippen LogP contribution in [0.3, 0.4) is 0 Å². The topological polar surface area (TPSA) is 80.7 Å². The predicted octanol–water partition coefficient (Wildman–Crippen LogP) is 1.91. The Bertz CT molecular complexity index is 777. The molecule has 2 heterocycles. The van der Waals surface area contributed by atoms with Gasteiger partial charge in [-0.3, -0.25) is 4.79 Å². The highest BCUT2D eigenvalue weighted by Gasteiger charge is 2.06. The van der Waals surface area contributed by atoms with Crippen molar-refractivity contribution in [1.29, 1.82) is 0 Å². The summed E-state index contributed by atoms with van der Waals surface area (Å²) in [5.41, 5.74) is 2.40. The van der Waals surface area contributed by atoms with Crippen molar-refractivity contribution in [3.8, 4) is 11.3 Å². The molecule has 23 heavy (non-hydrogen) atoms. The van der Waals surface area contributed by atoms with Crippen LogP contribution in [0.2, 0.25) is 0 Å². The first-order valence-electron chi connectivity index (χ1n) is 7.25. The van der Waals surface area contributed by atoms with Gasteiger partial charge in [-0.05, 0) is 12.1 Å². The molecule has 0 bridgehead atoms. The van der Waals surface area contributed by atoms with Crippen molar-refractivity contribution >= 4 is 5.91 Å². The first-order chi connectivity index (χ1) is 11.3. The number of benzene rings is 1. The zero-order chi connectivity index (χ0) is 15.9. The summed E-state index contributed by atoms with van der Waals surface area (Å²) in [6, 6.07) is 13.4. The Hall–Kier alpha value is -3.15. The Morgan fingerprint density at radius 1 is 1.00 bits per heavy atom. The zero-order valence-electron chi connectivity index (χ0n) is 12.4. The van der Waals surface area contributed by atoms with E-state index in [2.05, 4.69) is 25.5 Å². The second-order valence-electron chi connectivity index (χ2n) is 4.86. The lowest BCUT2D eigenvalue weighted by atomic mass is 10.1. The summed E-state index contributed by atoms with van der Waals surface area (Å²) in [7, 11) is 0. The molecule has 0 unspecified atom stereocenters. The Kier molecular flexibility index (Phi) is 4.63. The van der Waals surface area contributed by atoms with Gasteiger partial charge in [0, 0.05) is 24.7 Å². The quantitative estimate of drug-likeness (QED) is 0.778. The molecular formula is C17H15N5O. The molecule has 0 saturated heterocycles. The maximum atomic E-state index is 11.9. The molecule has 1 aromatic carbocycles. The molecule has 6 nitrogen and oxygen atoms in total. The molecule has 0 aliphatic rings. The average molecular weight is 305 g/mol. The van der Waals surface area contributed by atoms with Crippen molar-refractivity contribution in [2.24, 2.45) is 0 Å². The van der Waals surface area contributed by atoms with E-state index in [4.69, 9.17) is 0 Å². The van der Waals surface area contributed by atoms with Crippen LogP contribution in [0.1, 0.15) is 16.2 Å². The minimum atomic E-state index is -0.181. The molecule has 0 fully saturated rings. The summed E-state index contributed by atoms with van der Waals surface area (Å²) in [5, 5.41) is 10.1. The standard InChI is InChI=1S/C17H15N5O/c23-17(14-6-11-20-21-12-14)19-10-8-16-18-9-7-15(22-16)13-4-2-1-3-5-13/h1-7,9,11-12H,8,10H2,(H,19,23). The number of rotatable bonds is 5. The molecule has 0 spiro atoms. The normalized spacial score (nSPS) is 10.3. The molecular weight excluding hydrogens is 290 g/mol. The summed E-state index contributed by atoms with van der Waals surface area (Å²) in [5.74, 6) is 0.513. The first-order valence-corrected chi connectivity index (χ1v) is 7.25. The summed E-state index contributed by atoms with van der Waals surface area (Å²) in [6.07, 6.45) is 5.22. The fourth-order valence-corrected chi connectivity index (χ4v) is 2.10. The van der Waals surface area contributed by atoms with E-state index in [0.717, 1.165) is 11.3 Å². The number of hydrogen-bond donors (Lipinski definition) is 1. The van der Waals surface area contributed by atoms with Gasteiger partial charge in [-0.25, -0.2) is 9.97 Å². The van der Waals surface area contributed by atoms with Gasteiger partial charge in [0.2, 0.25) is 0 Å². The monoisotopic (exact) mass is 305 g/mol. The third-order valence-corrected chi connectivity index (χ3v) is 3.26. The molecule has 0 atom stereocenters. The Morgan fingerprint density at radius 3 is 2.65 bits per heavy atom. The van der Waals surface area contributed by atoms with Crippen LogP contribution in [0.15, 0.2) is 61.1 Å². The van der Waals surface area contributed by atoms with E-state index < -0.39 is 0 Å². The highest BCUT2D eigenvalue weighted by Crippen LogP contribution is 2.15. The zero-order valence-corrected chi connectivity index (χ0v) is 12.4. The molecule has 3 aromatic rings. The predicted molar refractivity (Wildman–Crippen MR) is 85.5 cm³/mol. The fraction of sp³-hybridized carbons (Fsp3) is 0.118. The molecule has 3 rings (SSSR count). The number of nitrogens with one attached hydrogen (secondary N) is 1. The largest absolute Gasteiger partial charge is 0.352 e. The highest BCUT2D eigenvalue weighted by atomic mass is 16.1. The molecule has 1 N–H and O–H groups in total. The van der Waals surface area contributed by atoms with Gasteiger partial charge in [-0.1, -0.05) is 30.3 Å². The fourth-order valence-electron chi connectivity index (χ4n) is 2.10. The second kappa shape index (κ2) is 7.22. The SMILES string of the molecule is O=C(NCCc1nccc(-c2ccccc2)n1)c1ccnnc1. The summed E-state index contributed by atoms with van der Waals surface area (Å²) in [6.45, 7) is 0.458. The van der Waals surface area contributed by atoms with Crippen LogP contribution in [0.5, 0.6) is 0 Å². The number of nitrogens with zero attached hydrogens (tertiary/aromatic N) is 4. The molecule has 0 aliphatic carbocycles. The molecule has 6 heteroatoms. The van der Waals surface area contributed by atoms with Crippen LogP contribution in [-0.2, 0) is 6.42 Å². The molecule has 1 amide bonds. The minimum Gasteiger partial charge on any atom is -0.352 e. The number of carbonyl (C=O) groups excluding carboxylic acids is 1. The third kappa shape index (κ3) is 3.94. The lowest BCUT2D eigenvalue weighted by molar-refractivity contribution is 0.0953. The number of amides is 1. The van der Waals surface area contributed by atoms with E-state index in [0.29, 0.717) is 24.4 Å². The van der Waals surface area contributed by atoms with Crippen LogP contribution < -0.4 is 5.32 Å². The van der Waals surface area contributed by atoms with Crippen molar-refractivity contribution < 1.29 is 4.79 Å². The van der Waals surface area contributed by atoms with Gasteiger partial charge < -0.3 is 5.32 Å². The lowest BCUT2D eigenvalue weighted by Crippen LogP contribution is -2.26. The summed E-state index contributed by atoms with van der Waals surface area (Å²) < 4.78 is 0. The van der Waals surface area contributed by atoms with E-state index in [1.807, 2.05) is 36.4 Å². The second-order valence-corrected chi connectivity index (χ2v) is 4.86. The molecule has 114 valence electrons. The van der Waals surface area contributed by atoms with Crippen molar-refractivity contribution in [1.82, 2.24) is 25.5 Å². The van der Waals surface area contributed by atoms with Crippen LogP contribution in [0.4, 0.5) is 0 Å². The van der Waals surface area contributed by atoms with Crippen LogP contribution >= 0.6 is 0 Å². The van der Waals surface area contributed by atoms with Crippen molar-refractivity contribution in [2.75, 3.05) is 6.54 Å². The number of aromatic nitrogens is 4. The van der Waals surface area contributed by atoms with Gasteiger partial charge >= 0.3 is 0 Å². The Morgan fingerprint density at radius 2 is 1.87 bits per heavy atom. The van der Waals surface area contributed by atoms with Crippen molar-refractivity contribution in [2.45, 2.75) is 6.42 Å². The van der Waals surface area contributed by atoms with Gasteiger partial charge in [-0.2, -0.15) is 10.2 Å². The van der Waals surface area contributed by atoms with Crippen LogP contribution in [0.25, 0.3) is 11.3 Å². The summed E-state index contributed by atoms with van der Waals surface area (Å²) in [4.78, 5) is 20.7. The van der Waals surface area contributed by atoms with E-state index in [-0.39, 0.29) is 5.91 Å². The van der Waals surface area contributed by atoms with Gasteiger partial charge in [0.15, 0.2) is 0 Å². The number of hydrogen-bond acceptors (Lipinski definition) is 5. The highest BCUT2D eigenvalue weighted by molar-refractivity contribution is 5.93. The maximum absolute atomic E-state index is 11.9. The Balaban J connectivity index is 1.60. The van der Waals surface area contributed by atoms with Gasteiger partial charge in [0.1, 0.15) is 5.82 Å². The maximum Gasteiger partial charge on any atom is 0.252 e. The Labute approximate surface area is 133 Å². The molecule has 0 aliphatic heterocycles. The molecule has 2 aromatic heterocycles. The summed E-state index contributed by atoms with van der Waals surface area (Å²) >= 11 is 0. The molecule has 0 radical (unpaired) electrons. The number of carbonyl (C=O) groups is 1. The average Bonchev–Trinajstić information content (AvgIpc) is 2.63. The smallest absolute Gasteiger partial charge is 0.252 e. The third-order valence-electron chi connectivity index (χ3n) is 3.26. The van der Waals surface area contributed by atoms with Crippen LogP contribution in [-0.4, -0.2) is 32.6 Å². The van der Waals surface area contributed by atoms with Crippen molar-refractivity contribution in [3.63, 3.8) is 0 Å². The molecule has 0 saturated carbocycles. The van der Waals surface area contributed by atoms with E-state index in [1.54, 1.807) is 12.3 Å². The van der Waals surface area contributed by atoms with Crippen LogP contribution in [0, 0.1) is 0 Å². The van der Waals surface area contributed by atoms with Gasteiger partial charge in [0.25, 0.3) is 5.91 Å². The van der Waals surface area contributed by atoms with Gasteiger partial charge in [-0.15, -0.1) is 0 Å². The van der Waals surface area contributed by atoms with Gasteiger partial charge in [0.05, 0.1) is 23.7 Å². The lowest BCUT2D eigenvalue weighted by Gasteiger charge is -2.06. The first kappa shape index (κ1) is 14.8. The van der Waals surface area contributed by atoms with E-state index in [1.165, 1.54) is 12.4 Å². The van der Waals surface area contributed by atoms with E-state index >= 15 is 0 Å². The minimum absolute atomic E-state index is 0.181. The van der Waals surface area contributed by atoms with E-state index in [9.17, 15) is 4.79 Å².